The van der Waals surface area contributed by atoms with Gasteiger partial charge in [0.2, 0.25) is 0 Å². The zero-order valence-electron chi connectivity index (χ0n) is 20.6. The summed E-state index contributed by atoms with van der Waals surface area (Å²) >= 11 is 0. The van der Waals surface area contributed by atoms with E-state index in [0.29, 0.717) is 0 Å². The molecule has 10 N–H and O–H groups in total. The zero-order valence-corrected chi connectivity index (χ0v) is 20.6. The van der Waals surface area contributed by atoms with E-state index in [1.165, 1.54) is 70.6 Å². The lowest BCUT2D eigenvalue weighted by atomic mass is 9.94. The van der Waals surface area contributed by atoms with Gasteiger partial charge in [0.15, 0.2) is 0 Å². The Kier molecular flexibility index (Phi) is 22.1. The van der Waals surface area contributed by atoms with Crippen molar-refractivity contribution >= 4 is 5.97 Å². The van der Waals surface area contributed by atoms with Crippen LogP contribution in [0.4, 0.5) is 0 Å². The third-order valence-corrected chi connectivity index (χ3v) is 6.11. The molecule has 1 aliphatic rings. The zero-order chi connectivity index (χ0) is 23.7. The van der Waals surface area contributed by atoms with Crippen LogP contribution in [0.2, 0.25) is 0 Å². The second-order valence-electron chi connectivity index (χ2n) is 9.00. The van der Waals surface area contributed by atoms with Gasteiger partial charge >= 0.3 is 5.97 Å². The van der Waals surface area contributed by atoms with Crippen LogP contribution in [0.25, 0.3) is 0 Å². The molecule has 0 aromatic carbocycles. The smallest absolute Gasteiger partial charge is 0.306 e. The van der Waals surface area contributed by atoms with Gasteiger partial charge in [-0.2, -0.15) is 38.7 Å². The fraction of sp³-hybridized carbons (Fsp3) is 0.955. The second kappa shape index (κ2) is 24.2. The van der Waals surface area contributed by atoms with Crippen molar-refractivity contribution in [3.63, 3.8) is 0 Å². The summed E-state index contributed by atoms with van der Waals surface area (Å²) in [4.78, 5) is 11.5. The Hall–Kier alpha value is -0.890. The average Bonchev–Trinajstić information content (AvgIpc) is 2.80. The molecule has 11 nitrogen and oxygen atoms in total. The number of aliphatic carboxylic acids is 1. The summed E-state index contributed by atoms with van der Waals surface area (Å²) in [6.07, 6.45) is 20.9. The second-order valence-corrected chi connectivity index (χ2v) is 9.00. The van der Waals surface area contributed by atoms with Crippen molar-refractivity contribution in [3.8, 4) is 0 Å². The number of carbonyl (C=O) groups is 1. The summed E-state index contributed by atoms with van der Waals surface area (Å²) in [5.41, 5.74) is 25.6. The minimum atomic E-state index is -0.601. The van der Waals surface area contributed by atoms with Crippen LogP contribution in [0.5, 0.6) is 0 Å². The summed E-state index contributed by atoms with van der Waals surface area (Å²) in [5, 5.41) is 9.50. The topological polar surface area (TPSA) is 146 Å². The van der Waals surface area contributed by atoms with Gasteiger partial charge in [0.1, 0.15) is 0 Å². The van der Waals surface area contributed by atoms with E-state index in [1.807, 2.05) is 0 Å². The lowest BCUT2D eigenvalue weighted by Gasteiger charge is -2.13. The molecule has 1 atom stereocenters. The molecule has 1 fully saturated rings. The lowest BCUT2D eigenvalue weighted by molar-refractivity contribution is -0.142. The van der Waals surface area contributed by atoms with Gasteiger partial charge in [-0.05, 0) is 25.7 Å². The first-order chi connectivity index (χ1) is 16.3. The van der Waals surface area contributed by atoms with E-state index in [2.05, 4.69) is 49.6 Å². The SMILES string of the molecule is O=C(O)C1CCCCCCCCCCCCNNNNNNNNNCCCCCCCC1. The third kappa shape index (κ3) is 21.4. The van der Waals surface area contributed by atoms with Gasteiger partial charge in [-0.3, -0.25) is 4.79 Å². The first-order valence-electron chi connectivity index (χ1n) is 13.2. The fourth-order valence-corrected chi connectivity index (χ4v) is 4.09. The van der Waals surface area contributed by atoms with E-state index < -0.39 is 5.97 Å². The standard InChI is InChI=1S/C22H51N9O2/c32-22(33)21-17-13-9-5-3-1-2-4-7-11-15-19-23-25-27-29-31-30-28-26-24-20-16-12-8-6-10-14-18-21/h21,23-31H,1-20H2,(H,32,33). The molecule has 0 saturated carbocycles. The number of hydrogen-bond acceptors (Lipinski definition) is 10. The van der Waals surface area contributed by atoms with Gasteiger partial charge in [-0.25, -0.2) is 10.9 Å². The molecule has 0 radical (unpaired) electrons. The Labute approximate surface area is 200 Å². The number of rotatable bonds is 1. The highest BCUT2D eigenvalue weighted by molar-refractivity contribution is 5.69. The molecule has 1 rings (SSSR count). The number of hydrogen-bond donors (Lipinski definition) is 10. The van der Waals surface area contributed by atoms with Gasteiger partial charge in [0.25, 0.3) is 0 Å². The van der Waals surface area contributed by atoms with E-state index in [1.54, 1.807) is 0 Å². The van der Waals surface area contributed by atoms with Crippen LogP contribution in [0, 0.1) is 5.92 Å². The van der Waals surface area contributed by atoms with Gasteiger partial charge in [-0.15, -0.1) is 0 Å². The Bertz CT molecular complexity index is 403. The highest BCUT2D eigenvalue weighted by Crippen LogP contribution is 2.19. The van der Waals surface area contributed by atoms with Crippen LogP contribution in [0.3, 0.4) is 0 Å². The Morgan fingerprint density at radius 2 is 0.758 bits per heavy atom. The Morgan fingerprint density at radius 1 is 0.455 bits per heavy atom. The van der Waals surface area contributed by atoms with Crippen molar-refractivity contribution in [3.05, 3.63) is 0 Å². The summed E-state index contributed by atoms with van der Waals surface area (Å²) in [5.74, 6) is -0.747. The van der Waals surface area contributed by atoms with Crippen molar-refractivity contribution < 1.29 is 9.90 Å². The monoisotopic (exact) mass is 473 g/mol. The van der Waals surface area contributed by atoms with Crippen molar-refractivity contribution in [2.24, 2.45) is 5.92 Å². The maximum Gasteiger partial charge on any atom is 0.306 e. The van der Waals surface area contributed by atoms with E-state index in [4.69, 9.17) is 0 Å². The highest BCUT2D eigenvalue weighted by atomic mass is 16.4. The fourth-order valence-electron chi connectivity index (χ4n) is 4.09. The number of hydrazine groups is 8. The van der Waals surface area contributed by atoms with Gasteiger partial charge in [-0.1, -0.05) is 89.9 Å². The van der Waals surface area contributed by atoms with Crippen LogP contribution >= 0.6 is 0 Å². The predicted octanol–water partition coefficient (Wildman–Crippen LogP) is 2.35. The average molecular weight is 474 g/mol. The van der Waals surface area contributed by atoms with Crippen LogP contribution in [-0.2, 0) is 4.79 Å². The highest BCUT2D eigenvalue weighted by Gasteiger charge is 2.16. The van der Waals surface area contributed by atoms with Gasteiger partial charge in [0.05, 0.1) is 5.92 Å². The van der Waals surface area contributed by atoms with Crippen LogP contribution < -0.4 is 49.6 Å². The van der Waals surface area contributed by atoms with Crippen molar-refractivity contribution in [1.82, 2.24) is 49.6 Å². The molecule has 0 aromatic heterocycles. The molecule has 196 valence electrons. The summed E-state index contributed by atoms with van der Waals surface area (Å²) in [7, 11) is 0. The van der Waals surface area contributed by atoms with Crippen molar-refractivity contribution in [2.45, 2.75) is 116 Å². The minimum absolute atomic E-state index is 0.146. The lowest BCUT2D eigenvalue weighted by Crippen LogP contribution is -2.64. The molecule has 1 aliphatic heterocycles. The maximum absolute atomic E-state index is 11.5. The molecule has 0 aromatic rings. The number of nitrogens with one attached hydrogen (secondary N) is 9. The molecule has 0 spiro atoms. The minimum Gasteiger partial charge on any atom is -0.481 e. The van der Waals surface area contributed by atoms with Gasteiger partial charge < -0.3 is 5.11 Å². The first-order valence-corrected chi connectivity index (χ1v) is 13.2. The van der Waals surface area contributed by atoms with Crippen molar-refractivity contribution in [1.29, 1.82) is 0 Å². The molecule has 0 bridgehead atoms. The molecular weight excluding hydrogens is 422 g/mol. The first kappa shape index (κ1) is 30.1. The van der Waals surface area contributed by atoms with E-state index in [-0.39, 0.29) is 5.92 Å². The molecule has 0 amide bonds. The van der Waals surface area contributed by atoms with Gasteiger partial charge in [0, 0.05) is 13.1 Å². The molecule has 0 aliphatic carbocycles. The van der Waals surface area contributed by atoms with Crippen LogP contribution in [-0.4, -0.2) is 24.2 Å². The van der Waals surface area contributed by atoms with Crippen LogP contribution in [0.1, 0.15) is 116 Å². The summed E-state index contributed by atoms with van der Waals surface area (Å²) < 4.78 is 0. The predicted molar refractivity (Wildman–Crippen MR) is 132 cm³/mol. The van der Waals surface area contributed by atoms with E-state index >= 15 is 0 Å². The molecule has 33 heavy (non-hydrogen) atoms. The number of carboxylic acids is 1. The molecule has 11 heteroatoms. The molecule has 1 heterocycles. The third-order valence-electron chi connectivity index (χ3n) is 6.11. The van der Waals surface area contributed by atoms with Crippen molar-refractivity contribution in [2.75, 3.05) is 13.1 Å². The normalized spacial score (nSPS) is 25.0. The van der Waals surface area contributed by atoms with Crippen LogP contribution in [0.15, 0.2) is 0 Å². The largest absolute Gasteiger partial charge is 0.481 e. The molecule has 1 unspecified atom stereocenters. The maximum atomic E-state index is 11.5. The quantitative estimate of drug-likeness (QED) is 0.274. The molecule has 1 saturated heterocycles. The summed E-state index contributed by atoms with van der Waals surface area (Å²) in [6.45, 7) is 1.77. The Balaban J connectivity index is 2.16. The Morgan fingerprint density at radius 3 is 1.12 bits per heavy atom. The molecular formula is C22H51N9O2. The van der Waals surface area contributed by atoms with E-state index in [0.717, 1.165) is 58.0 Å². The number of carboxylic acid groups (broad SMARTS) is 1. The van der Waals surface area contributed by atoms with E-state index in [9.17, 15) is 9.90 Å². The summed E-state index contributed by atoms with van der Waals surface area (Å²) in [6, 6.07) is 0.